The van der Waals surface area contributed by atoms with Gasteiger partial charge in [-0.25, -0.2) is 0 Å². The van der Waals surface area contributed by atoms with Crippen molar-refractivity contribution in [3.8, 4) is 0 Å². The number of amides is 1. The molecule has 0 fully saturated rings. The van der Waals surface area contributed by atoms with E-state index < -0.39 is 0 Å². The lowest BCUT2D eigenvalue weighted by Crippen LogP contribution is -2.15. The average molecular weight is 292 g/mol. The Morgan fingerprint density at radius 2 is 1.68 bits per heavy atom. The van der Waals surface area contributed by atoms with Crippen LogP contribution in [-0.2, 0) is 7.05 Å². The van der Waals surface area contributed by atoms with Crippen LogP contribution < -0.4 is 5.32 Å². The van der Waals surface area contributed by atoms with E-state index in [1.165, 1.54) is 6.92 Å². The summed E-state index contributed by atoms with van der Waals surface area (Å²) >= 11 is 0. The van der Waals surface area contributed by atoms with Crippen LogP contribution in [0.5, 0.6) is 0 Å². The molecule has 0 spiro atoms. The Kier molecular flexibility index (Phi) is 3.51. The molecule has 1 heterocycles. The predicted molar refractivity (Wildman–Crippen MR) is 87.3 cm³/mol. The predicted octanol–water partition coefficient (Wildman–Crippen LogP) is 3.63. The molecule has 1 amide bonds. The Morgan fingerprint density at radius 3 is 2.32 bits per heavy atom. The van der Waals surface area contributed by atoms with Crippen LogP contribution >= 0.6 is 0 Å². The van der Waals surface area contributed by atoms with Gasteiger partial charge in [-0.2, -0.15) is 0 Å². The fourth-order valence-corrected chi connectivity index (χ4v) is 2.49. The highest BCUT2D eigenvalue weighted by atomic mass is 16.2. The summed E-state index contributed by atoms with van der Waals surface area (Å²) in [5, 5.41) is 3.88. The fraction of sp³-hybridized carbons (Fsp3) is 0.111. The number of carbonyl (C=O) groups excluding carboxylic acids is 2. The molecule has 0 radical (unpaired) electrons. The van der Waals surface area contributed by atoms with Gasteiger partial charge in [-0.1, -0.05) is 18.2 Å². The molecule has 3 rings (SSSR count). The molecule has 0 bridgehead atoms. The molecule has 0 unspecified atom stereocenters. The highest BCUT2D eigenvalue weighted by Gasteiger charge is 2.13. The molecular formula is C18H16N2O2. The lowest BCUT2D eigenvalue weighted by Gasteiger charge is -2.07. The first-order chi connectivity index (χ1) is 10.6. The SMILES string of the molecule is CC(=O)c1ccc(NC(=O)c2cc3ccccc3n2C)cc1. The number of ketones is 1. The van der Waals surface area contributed by atoms with E-state index in [2.05, 4.69) is 5.32 Å². The van der Waals surface area contributed by atoms with Crippen LogP contribution in [0, 0.1) is 0 Å². The number of aromatic nitrogens is 1. The molecule has 0 aliphatic carbocycles. The van der Waals surface area contributed by atoms with Crippen molar-refractivity contribution in [3.05, 3.63) is 65.9 Å². The average Bonchev–Trinajstić information content (AvgIpc) is 2.85. The maximum Gasteiger partial charge on any atom is 0.272 e. The van der Waals surface area contributed by atoms with Crippen molar-refractivity contribution in [2.75, 3.05) is 5.32 Å². The van der Waals surface area contributed by atoms with Crippen LogP contribution in [0.1, 0.15) is 27.8 Å². The molecular weight excluding hydrogens is 276 g/mol. The van der Waals surface area contributed by atoms with Crippen LogP contribution in [0.4, 0.5) is 5.69 Å². The minimum atomic E-state index is -0.172. The molecule has 4 nitrogen and oxygen atoms in total. The van der Waals surface area contributed by atoms with Gasteiger partial charge in [-0.3, -0.25) is 9.59 Å². The molecule has 0 aliphatic rings. The number of aryl methyl sites for hydroxylation is 1. The molecule has 3 aromatic rings. The van der Waals surface area contributed by atoms with E-state index in [9.17, 15) is 9.59 Å². The van der Waals surface area contributed by atoms with Gasteiger partial charge >= 0.3 is 0 Å². The first-order valence-electron chi connectivity index (χ1n) is 7.03. The van der Waals surface area contributed by atoms with Crippen molar-refractivity contribution in [1.82, 2.24) is 4.57 Å². The third-order valence-electron chi connectivity index (χ3n) is 3.73. The Bertz CT molecular complexity index is 860. The van der Waals surface area contributed by atoms with Crippen molar-refractivity contribution in [2.45, 2.75) is 6.92 Å². The molecule has 1 N–H and O–H groups in total. The Morgan fingerprint density at radius 1 is 1.00 bits per heavy atom. The number of benzene rings is 2. The van der Waals surface area contributed by atoms with E-state index >= 15 is 0 Å². The third kappa shape index (κ3) is 2.51. The largest absolute Gasteiger partial charge is 0.340 e. The summed E-state index contributed by atoms with van der Waals surface area (Å²) < 4.78 is 1.87. The van der Waals surface area contributed by atoms with Crippen molar-refractivity contribution >= 4 is 28.3 Å². The summed E-state index contributed by atoms with van der Waals surface area (Å²) in [6, 6.07) is 16.6. The number of nitrogens with zero attached hydrogens (tertiary/aromatic N) is 1. The zero-order chi connectivity index (χ0) is 15.7. The van der Waals surface area contributed by atoms with Crippen molar-refractivity contribution in [3.63, 3.8) is 0 Å². The van der Waals surface area contributed by atoms with Crippen molar-refractivity contribution in [1.29, 1.82) is 0 Å². The van der Waals surface area contributed by atoms with E-state index in [1.54, 1.807) is 24.3 Å². The van der Waals surface area contributed by atoms with E-state index in [4.69, 9.17) is 0 Å². The van der Waals surface area contributed by atoms with Crippen LogP contribution in [0.25, 0.3) is 10.9 Å². The standard InChI is InChI=1S/C18H16N2O2/c1-12(21)13-7-9-15(10-8-13)19-18(22)17-11-14-5-3-4-6-16(14)20(17)2/h3-11H,1-2H3,(H,19,22). The lowest BCUT2D eigenvalue weighted by molar-refractivity contribution is 0.101. The summed E-state index contributed by atoms with van der Waals surface area (Å²) in [7, 11) is 1.87. The number of nitrogens with one attached hydrogen (secondary N) is 1. The van der Waals surface area contributed by atoms with Crippen LogP contribution in [0.15, 0.2) is 54.6 Å². The minimum absolute atomic E-state index is 0.00607. The lowest BCUT2D eigenvalue weighted by atomic mass is 10.1. The number of fused-ring (bicyclic) bond motifs is 1. The molecule has 0 saturated carbocycles. The summed E-state index contributed by atoms with van der Waals surface area (Å²) in [5.41, 5.74) is 2.90. The molecule has 4 heteroatoms. The number of hydrogen-bond acceptors (Lipinski definition) is 2. The smallest absolute Gasteiger partial charge is 0.272 e. The first-order valence-corrected chi connectivity index (χ1v) is 7.03. The summed E-state index contributed by atoms with van der Waals surface area (Å²) in [6.07, 6.45) is 0. The van der Waals surface area contributed by atoms with Gasteiger partial charge in [0.1, 0.15) is 5.69 Å². The molecule has 0 saturated heterocycles. The van der Waals surface area contributed by atoms with Gasteiger partial charge in [0.2, 0.25) is 0 Å². The Hall–Kier alpha value is -2.88. The Labute approximate surface area is 128 Å². The van der Waals surface area contributed by atoms with Crippen molar-refractivity contribution < 1.29 is 9.59 Å². The summed E-state index contributed by atoms with van der Waals surface area (Å²) in [5.74, 6) is -0.166. The number of hydrogen-bond donors (Lipinski definition) is 1. The quantitative estimate of drug-likeness (QED) is 0.749. The second-order valence-corrected chi connectivity index (χ2v) is 5.24. The van der Waals surface area contributed by atoms with Gasteiger partial charge in [-0.15, -0.1) is 0 Å². The van der Waals surface area contributed by atoms with Gasteiger partial charge in [0.15, 0.2) is 5.78 Å². The maximum atomic E-state index is 12.4. The first kappa shape index (κ1) is 14.1. The fourth-order valence-electron chi connectivity index (χ4n) is 2.49. The molecule has 2 aromatic carbocycles. The normalized spacial score (nSPS) is 10.6. The highest BCUT2D eigenvalue weighted by molar-refractivity contribution is 6.06. The Balaban J connectivity index is 1.87. The number of Topliss-reactive ketones (excluding diaryl/α,β-unsaturated/α-hetero) is 1. The molecule has 110 valence electrons. The summed E-state index contributed by atoms with van der Waals surface area (Å²) in [4.78, 5) is 23.7. The van der Waals surface area contributed by atoms with Crippen molar-refractivity contribution in [2.24, 2.45) is 7.05 Å². The number of rotatable bonds is 3. The molecule has 22 heavy (non-hydrogen) atoms. The van der Waals surface area contributed by atoms with Crippen LogP contribution in [0.2, 0.25) is 0 Å². The zero-order valence-corrected chi connectivity index (χ0v) is 12.5. The molecule has 0 atom stereocenters. The van der Waals surface area contributed by atoms with Gasteiger partial charge in [0.25, 0.3) is 5.91 Å². The topological polar surface area (TPSA) is 51.1 Å². The summed E-state index contributed by atoms with van der Waals surface area (Å²) in [6.45, 7) is 1.52. The number of anilines is 1. The second kappa shape index (κ2) is 5.48. The van der Waals surface area contributed by atoms with E-state index in [0.717, 1.165) is 10.9 Å². The van der Waals surface area contributed by atoms with Gasteiger partial charge in [0.05, 0.1) is 0 Å². The van der Waals surface area contributed by atoms with Gasteiger partial charge in [-0.05, 0) is 43.3 Å². The molecule has 0 aliphatic heterocycles. The third-order valence-corrected chi connectivity index (χ3v) is 3.73. The zero-order valence-electron chi connectivity index (χ0n) is 12.5. The minimum Gasteiger partial charge on any atom is -0.340 e. The highest BCUT2D eigenvalue weighted by Crippen LogP contribution is 2.19. The second-order valence-electron chi connectivity index (χ2n) is 5.24. The van der Waals surface area contributed by atoms with Crippen LogP contribution in [0.3, 0.4) is 0 Å². The molecule has 1 aromatic heterocycles. The monoisotopic (exact) mass is 292 g/mol. The van der Waals surface area contributed by atoms with Gasteiger partial charge < -0.3 is 9.88 Å². The van der Waals surface area contributed by atoms with Crippen LogP contribution in [-0.4, -0.2) is 16.3 Å². The van der Waals surface area contributed by atoms with E-state index in [0.29, 0.717) is 16.9 Å². The van der Waals surface area contributed by atoms with Gasteiger partial charge in [0, 0.05) is 29.2 Å². The van der Waals surface area contributed by atoms with E-state index in [-0.39, 0.29) is 11.7 Å². The number of carbonyl (C=O) groups is 2. The maximum absolute atomic E-state index is 12.4. The number of para-hydroxylation sites is 1. The van der Waals surface area contributed by atoms with E-state index in [1.807, 2.05) is 41.9 Å².